The zero-order valence-electron chi connectivity index (χ0n) is 10.5. The van der Waals surface area contributed by atoms with Crippen LogP contribution in [0.25, 0.3) is 0 Å². The van der Waals surface area contributed by atoms with Crippen LogP contribution in [0.2, 0.25) is 0 Å². The maximum absolute atomic E-state index is 12.0. The van der Waals surface area contributed by atoms with Crippen LogP contribution in [-0.2, 0) is 9.59 Å². The molecule has 0 fully saturated rings. The summed E-state index contributed by atoms with van der Waals surface area (Å²) in [5.74, 6) is 0.0967. The first-order valence-electron chi connectivity index (χ1n) is 5.91. The van der Waals surface area contributed by atoms with Crippen LogP contribution in [0, 0.1) is 5.92 Å². The maximum atomic E-state index is 12.0. The molecule has 6 heteroatoms. The Hall–Kier alpha value is -1.14. The van der Waals surface area contributed by atoms with Crippen molar-refractivity contribution in [2.45, 2.75) is 18.2 Å². The molecule has 0 aliphatic carbocycles. The average molecular weight is 267 g/mol. The lowest BCUT2D eigenvalue weighted by Gasteiger charge is -2.25. The van der Waals surface area contributed by atoms with Gasteiger partial charge in [0.1, 0.15) is 5.37 Å². The zero-order valence-corrected chi connectivity index (χ0v) is 11.4. The second-order valence-corrected chi connectivity index (χ2v) is 5.64. The number of carbonyl (C=O) groups excluding carboxylic acids is 2. The molecule has 2 aliphatic rings. The monoisotopic (exact) mass is 267 g/mol. The topological polar surface area (TPSA) is 75.8 Å². The van der Waals surface area contributed by atoms with Crippen LogP contribution in [0.4, 0.5) is 0 Å². The Morgan fingerprint density at radius 2 is 2.28 bits per heavy atom. The summed E-state index contributed by atoms with van der Waals surface area (Å²) < 4.78 is 0. The second-order valence-electron chi connectivity index (χ2n) is 4.65. The molecule has 0 spiro atoms. The van der Waals surface area contributed by atoms with Gasteiger partial charge in [-0.25, -0.2) is 0 Å². The molecule has 2 atom stereocenters. The number of Topliss-reactive ketones (excluding diaryl/α,β-unsaturated/α-hetero) is 1. The van der Waals surface area contributed by atoms with E-state index < -0.39 is 0 Å². The molecule has 0 bridgehead atoms. The van der Waals surface area contributed by atoms with Crippen molar-refractivity contribution < 1.29 is 9.59 Å². The van der Waals surface area contributed by atoms with Gasteiger partial charge in [0.25, 0.3) is 0 Å². The highest BCUT2D eigenvalue weighted by atomic mass is 32.2. The van der Waals surface area contributed by atoms with Gasteiger partial charge in [0, 0.05) is 25.6 Å². The molecular formula is C12H17N3O2S. The summed E-state index contributed by atoms with van der Waals surface area (Å²) >= 11 is 1.52. The van der Waals surface area contributed by atoms with Crippen molar-refractivity contribution in [3.63, 3.8) is 0 Å². The number of nitrogens with zero attached hydrogens (tertiary/aromatic N) is 2. The summed E-state index contributed by atoms with van der Waals surface area (Å²) in [6.07, 6.45) is 1.42. The van der Waals surface area contributed by atoms with Gasteiger partial charge in [-0.1, -0.05) is 0 Å². The van der Waals surface area contributed by atoms with Crippen molar-refractivity contribution in [2.75, 3.05) is 20.6 Å². The fraction of sp³-hybridized carbons (Fsp3) is 0.583. The van der Waals surface area contributed by atoms with E-state index in [2.05, 4.69) is 4.99 Å². The van der Waals surface area contributed by atoms with Gasteiger partial charge in [0.2, 0.25) is 5.91 Å². The number of rotatable bonds is 3. The molecule has 0 saturated heterocycles. The van der Waals surface area contributed by atoms with Gasteiger partial charge < -0.3 is 10.6 Å². The number of amides is 1. The summed E-state index contributed by atoms with van der Waals surface area (Å²) in [6.45, 7) is 0.0117. The van der Waals surface area contributed by atoms with Crippen LogP contribution >= 0.6 is 11.8 Å². The van der Waals surface area contributed by atoms with Gasteiger partial charge in [0.15, 0.2) is 5.78 Å². The Labute approximate surface area is 110 Å². The number of thioether (sulfide) groups is 1. The molecule has 98 valence electrons. The molecule has 0 aromatic carbocycles. The van der Waals surface area contributed by atoms with E-state index in [0.717, 1.165) is 12.0 Å². The minimum Gasteiger partial charge on any atom is -0.345 e. The highest BCUT2D eigenvalue weighted by Crippen LogP contribution is 2.42. The van der Waals surface area contributed by atoms with E-state index in [-0.39, 0.29) is 29.5 Å². The van der Waals surface area contributed by atoms with E-state index in [1.807, 2.05) is 5.41 Å². The van der Waals surface area contributed by atoms with Gasteiger partial charge in [-0.05, 0) is 18.2 Å². The van der Waals surface area contributed by atoms with E-state index in [0.29, 0.717) is 12.1 Å². The Morgan fingerprint density at radius 3 is 2.89 bits per heavy atom. The number of carbonyl (C=O) groups is 2. The van der Waals surface area contributed by atoms with Crippen LogP contribution in [0.3, 0.4) is 0 Å². The number of likely N-dealkylation sites (N-methyl/N-ethyl adjacent to an activating group) is 1. The van der Waals surface area contributed by atoms with Gasteiger partial charge >= 0.3 is 0 Å². The molecule has 0 aromatic heterocycles. The smallest absolute Gasteiger partial charge is 0.250 e. The maximum Gasteiger partial charge on any atom is 0.250 e. The minimum atomic E-state index is -0.0820. The molecule has 2 N–H and O–H groups in total. The van der Waals surface area contributed by atoms with Crippen molar-refractivity contribution in [3.05, 3.63) is 11.0 Å². The highest BCUT2D eigenvalue weighted by Gasteiger charge is 2.37. The van der Waals surface area contributed by atoms with Gasteiger partial charge in [-0.3, -0.25) is 14.6 Å². The molecule has 18 heavy (non-hydrogen) atoms. The van der Waals surface area contributed by atoms with Crippen molar-refractivity contribution in [2.24, 2.45) is 16.6 Å². The molecule has 2 unspecified atom stereocenters. The Bertz CT molecular complexity index is 443. The lowest BCUT2D eigenvalue weighted by molar-refractivity contribution is -0.125. The third-order valence-electron chi connectivity index (χ3n) is 3.21. The van der Waals surface area contributed by atoms with Crippen molar-refractivity contribution >= 4 is 29.2 Å². The fourth-order valence-corrected chi connectivity index (χ4v) is 3.43. The van der Waals surface area contributed by atoms with Crippen molar-refractivity contribution in [3.8, 4) is 0 Å². The van der Waals surface area contributed by atoms with E-state index >= 15 is 0 Å². The molecule has 2 aliphatic heterocycles. The predicted molar refractivity (Wildman–Crippen MR) is 72.4 cm³/mol. The summed E-state index contributed by atoms with van der Waals surface area (Å²) in [7, 11) is 3.49. The molecule has 2 heterocycles. The third-order valence-corrected chi connectivity index (χ3v) is 4.32. The minimum absolute atomic E-state index is 0.0117. The van der Waals surface area contributed by atoms with Gasteiger partial charge in [-0.2, -0.15) is 0 Å². The largest absolute Gasteiger partial charge is 0.345 e. The van der Waals surface area contributed by atoms with Gasteiger partial charge in [0.05, 0.1) is 12.3 Å². The molecule has 0 radical (unpaired) electrons. The Balaban J connectivity index is 2.13. The molecular weight excluding hydrogens is 250 g/mol. The number of hydrogen-bond acceptors (Lipinski definition) is 5. The van der Waals surface area contributed by atoms with Gasteiger partial charge in [-0.15, -0.1) is 11.8 Å². The van der Waals surface area contributed by atoms with E-state index in [9.17, 15) is 9.59 Å². The van der Waals surface area contributed by atoms with Crippen LogP contribution in [0.5, 0.6) is 0 Å². The molecule has 0 aromatic rings. The number of nitrogens with two attached hydrogens (primary N) is 1. The molecule has 1 amide bonds. The first kappa shape index (κ1) is 13.3. The number of hydrogen-bond donors (Lipinski definition) is 1. The average Bonchev–Trinajstić information content (AvgIpc) is 2.79. The molecule has 0 saturated carbocycles. The lowest BCUT2D eigenvalue weighted by Crippen LogP contribution is -2.33. The second kappa shape index (κ2) is 5.24. The molecule has 5 nitrogen and oxygen atoms in total. The Kier molecular flexibility index (Phi) is 3.87. The first-order chi connectivity index (χ1) is 8.54. The number of ketones is 1. The normalized spacial score (nSPS) is 26.2. The first-order valence-corrected chi connectivity index (χ1v) is 6.86. The highest BCUT2D eigenvalue weighted by molar-refractivity contribution is 8.03. The summed E-state index contributed by atoms with van der Waals surface area (Å²) in [5.41, 5.74) is 6.74. The third kappa shape index (κ3) is 2.35. The summed E-state index contributed by atoms with van der Waals surface area (Å²) in [5, 5.41) is 1.86. The van der Waals surface area contributed by atoms with Crippen molar-refractivity contribution in [1.29, 1.82) is 0 Å². The zero-order chi connectivity index (χ0) is 13.3. The van der Waals surface area contributed by atoms with Crippen LogP contribution in [0.1, 0.15) is 12.8 Å². The summed E-state index contributed by atoms with van der Waals surface area (Å²) in [4.78, 5) is 29.5. The Morgan fingerprint density at radius 1 is 1.56 bits per heavy atom. The van der Waals surface area contributed by atoms with E-state index in [1.165, 1.54) is 11.8 Å². The standard InChI is InChI=1S/C12H17N3O2S/c1-15(2)12(17)8-6-18-11-7(8)3-4-9(14-11)10(16)5-13/h6-7,11H,3-5,13H2,1-2H3. The lowest BCUT2D eigenvalue weighted by atomic mass is 9.89. The van der Waals surface area contributed by atoms with E-state index in [1.54, 1.807) is 19.0 Å². The fourth-order valence-electron chi connectivity index (χ4n) is 2.20. The SMILES string of the molecule is CN(C)C(=O)C1=CSC2N=C(C(=O)CN)CCC12. The van der Waals surface area contributed by atoms with E-state index in [4.69, 9.17) is 5.73 Å². The molecule has 2 rings (SSSR count). The number of fused-ring (bicyclic) bond motifs is 1. The quantitative estimate of drug-likeness (QED) is 0.803. The van der Waals surface area contributed by atoms with Crippen LogP contribution < -0.4 is 5.73 Å². The summed E-state index contributed by atoms with van der Waals surface area (Å²) in [6, 6.07) is 0. The van der Waals surface area contributed by atoms with Crippen LogP contribution in [0.15, 0.2) is 16.0 Å². The predicted octanol–water partition coefficient (Wildman–Crippen LogP) is 0.410. The van der Waals surface area contributed by atoms with Crippen LogP contribution in [-0.4, -0.2) is 48.3 Å². The number of aliphatic imine (C=N–C) groups is 1. The van der Waals surface area contributed by atoms with Crippen molar-refractivity contribution in [1.82, 2.24) is 4.90 Å².